The van der Waals surface area contributed by atoms with E-state index in [4.69, 9.17) is 12.2 Å². The molecule has 2 aromatic carbocycles. The SMILES string of the molecule is FC(F)(F)c1ccccc1NC(=S)Nc1cccc(Cn2cc(Br)cn2)c1. The predicted octanol–water partition coefficient (Wildman–Crippen LogP) is 5.52. The van der Waals surface area contributed by atoms with Crippen molar-refractivity contribution in [2.75, 3.05) is 10.6 Å². The molecule has 0 amide bonds. The van der Waals surface area contributed by atoms with Gasteiger partial charge in [-0.05, 0) is 58.0 Å². The lowest BCUT2D eigenvalue weighted by molar-refractivity contribution is -0.136. The molecule has 0 aliphatic carbocycles. The third-order valence-electron chi connectivity index (χ3n) is 3.61. The summed E-state index contributed by atoms with van der Waals surface area (Å²) in [7, 11) is 0. The van der Waals surface area contributed by atoms with Gasteiger partial charge in [0, 0.05) is 11.9 Å². The van der Waals surface area contributed by atoms with Gasteiger partial charge in [0.2, 0.25) is 0 Å². The smallest absolute Gasteiger partial charge is 0.332 e. The van der Waals surface area contributed by atoms with Crippen LogP contribution in [0.4, 0.5) is 24.5 Å². The number of nitrogens with one attached hydrogen (secondary N) is 2. The first-order valence-electron chi connectivity index (χ1n) is 7.82. The number of para-hydroxylation sites is 1. The molecule has 1 aromatic heterocycles. The number of aromatic nitrogens is 2. The minimum atomic E-state index is -4.46. The summed E-state index contributed by atoms with van der Waals surface area (Å²) in [4.78, 5) is 0. The van der Waals surface area contributed by atoms with E-state index in [2.05, 4.69) is 31.7 Å². The normalized spacial score (nSPS) is 11.3. The number of hydrogen-bond acceptors (Lipinski definition) is 2. The number of nitrogens with zero attached hydrogens (tertiary/aromatic N) is 2. The molecule has 0 bridgehead atoms. The summed E-state index contributed by atoms with van der Waals surface area (Å²) in [5.74, 6) is 0. The minimum Gasteiger partial charge on any atom is -0.332 e. The number of alkyl halides is 3. The molecule has 0 saturated heterocycles. The van der Waals surface area contributed by atoms with Crippen molar-refractivity contribution < 1.29 is 13.2 Å². The quantitative estimate of drug-likeness (QED) is 0.509. The number of benzene rings is 2. The van der Waals surface area contributed by atoms with Crippen LogP contribution in [0.3, 0.4) is 0 Å². The Kier molecular flexibility index (Phi) is 5.81. The standard InChI is InChI=1S/C18H14BrF3N4S/c19-13-9-23-26(11-13)10-12-4-3-5-14(8-12)24-17(27)25-16-7-2-1-6-15(16)18(20,21)22/h1-9,11H,10H2,(H2,24,25,27). The van der Waals surface area contributed by atoms with Crippen LogP contribution < -0.4 is 10.6 Å². The van der Waals surface area contributed by atoms with Crippen LogP contribution in [0.2, 0.25) is 0 Å². The minimum absolute atomic E-state index is 0.0747. The van der Waals surface area contributed by atoms with Crippen LogP contribution in [0, 0.1) is 0 Å². The summed E-state index contributed by atoms with van der Waals surface area (Å²) in [5.41, 5.74) is 0.766. The molecule has 0 fully saturated rings. The fourth-order valence-electron chi connectivity index (χ4n) is 2.48. The van der Waals surface area contributed by atoms with E-state index in [1.54, 1.807) is 16.9 Å². The first kappa shape index (κ1) is 19.4. The average molecular weight is 455 g/mol. The second kappa shape index (κ2) is 8.10. The van der Waals surface area contributed by atoms with Crippen molar-refractivity contribution in [1.29, 1.82) is 0 Å². The van der Waals surface area contributed by atoms with Crippen molar-refractivity contribution in [3.63, 3.8) is 0 Å². The van der Waals surface area contributed by atoms with Crippen molar-refractivity contribution in [2.45, 2.75) is 12.7 Å². The van der Waals surface area contributed by atoms with Gasteiger partial charge in [-0.3, -0.25) is 4.68 Å². The predicted molar refractivity (Wildman–Crippen MR) is 107 cm³/mol. The fourth-order valence-corrected chi connectivity index (χ4v) is 3.04. The van der Waals surface area contributed by atoms with Crippen LogP contribution >= 0.6 is 28.1 Å². The van der Waals surface area contributed by atoms with Crippen molar-refractivity contribution in [1.82, 2.24) is 9.78 Å². The molecule has 0 radical (unpaired) electrons. The number of hydrogen-bond donors (Lipinski definition) is 2. The highest BCUT2D eigenvalue weighted by molar-refractivity contribution is 9.10. The molecule has 0 atom stereocenters. The first-order valence-corrected chi connectivity index (χ1v) is 9.02. The highest BCUT2D eigenvalue weighted by Crippen LogP contribution is 2.34. The first-order chi connectivity index (χ1) is 12.8. The molecule has 0 saturated carbocycles. The van der Waals surface area contributed by atoms with Crippen molar-refractivity contribution >= 4 is 44.6 Å². The molecule has 9 heteroatoms. The second-order valence-corrected chi connectivity index (χ2v) is 7.00. The van der Waals surface area contributed by atoms with Gasteiger partial charge in [0.1, 0.15) is 0 Å². The van der Waals surface area contributed by atoms with E-state index in [0.717, 1.165) is 16.1 Å². The Hall–Kier alpha value is -2.39. The highest BCUT2D eigenvalue weighted by atomic mass is 79.9. The molecule has 0 unspecified atom stereocenters. The fraction of sp³-hybridized carbons (Fsp3) is 0.111. The number of anilines is 2. The van der Waals surface area contributed by atoms with Gasteiger partial charge in [-0.15, -0.1) is 0 Å². The summed E-state index contributed by atoms with van der Waals surface area (Å²) in [6.45, 7) is 0.554. The lowest BCUT2D eigenvalue weighted by Gasteiger charge is -2.16. The van der Waals surface area contributed by atoms with Gasteiger partial charge in [0.05, 0.1) is 28.5 Å². The van der Waals surface area contributed by atoms with Gasteiger partial charge in [-0.25, -0.2) is 0 Å². The Balaban J connectivity index is 1.69. The van der Waals surface area contributed by atoms with Gasteiger partial charge in [0.15, 0.2) is 5.11 Å². The van der Waals surface area contributed by atoms with Crippen LogP contribution in [-0.2, 0) is 12.7 Å². The number of thiocarbonyl (C=S) groups is 1. The average Bonchev–Trinajstić information content (AvgIpc) is 2.99. The maximum Gasteiger partial charge on any atom is 0.418 e. The van der Waals surface area contributed by atoms with Crippen LogP contribution in [0.25, 0.3) is 0 Å². The molecule has 27 heavy (non-hydrogen) atoms. The monoisotopic (exact) mass is 454 g/mol. The summed E-state index contributed by atoms with van der Waals surface area (Å²) < 4.78 is 41.9. The molecule has 3 rings (SSSR count). The van der Waals surface area contributed by atoms with Gasteiger partial charge in [-0.2, -0.15) is 18.3 Å². The van der Waals surface area contributed by atoms with Gasteiger partial charge in [0.25, 0.3) is 0 Å². The van der Waals surface area contributed by atoms with Crippen LogP contribution in [-0.4, -0.2) is 14.9 Å². The number of rotatable bonds is 4. The molecule has 0 aliphatic rings. The van der Waals surface area contributed by atoms with Crippen molar-refractivity contribution in [2.24, 2.45) is 0 Å². The Labute approximate surface area is 167 Å². The second-order valence-electron chi connectivity index (χ2n) is 5.68. The zero-order valence-corrected chi connectivity index (χ0v) is 16.2. The van der Waals surface area contributed by atoms with Gasteiger partial charge >= 0.3 is 6.18 Å². The molecular weight excluding hydrogens is 441 g/mol. The Bertz CT molecular complexity index is 956. The van der Waals surface area contributed by atoms with E-state index < -0.39 is 11.7 Å². The highest BCUT2D eigenvalue weighted by Gasteiger charge is 2.33. The maximum atomic E-state index is 13.1. The van der Waals surface area contributed by atoms with Crippen molar-refractivity contribution in [3.8, 4) is 0 Å². The zero-order chi connectivity index (χ0) is 19.4. The molecule has 4 nitrogen and oxygen atoms in total. The Morgan fingerprint density at radius 2 is 1.89 bits per heavy atom. The van der Waals surface area contributed by atoms with Crippen LogP contribution in [0.5, 0.6) is 0 Å². The zero-order valence-electron chi connectivity index (χ0n) is 13.8. The summed E-state index contributed by atoms with van der Waals surface area (Å²) in [5, 5.41) is 9.80. The largest absolute Gasteiger partial charge is 0.418 e. The lowest BCUT2D eigenvalue weighted by atomic mass is 10.1. The van der Waals surface area contributed by atoms with E-state index >= 15 is 0 Å². The third kappa shape index (κ3) is 5.30. The van der Waals surface area contributed by atoms with E-state index in [0.29, 0.717) is 12.2 Å². The van der Waals surface area contributed by atoms with Crippen molar-refractivity contribution in [3.05, 3.63) is 76.5 Å². The van der Waals surface area contributed by atoms with E-state index in [1.807, 2.05) is 24.4 Å². The van der Waals surface area contributed by atoms with E-state index in [1.165, 1.54) is 18.2 Å². The molecule has 0 aliphatic heterocycles. The molecule has 2 N–H and O–H groups in total. The number of halogens is 4. The Morgan fingerprint density at radius 1 is 1.11 bits per heavy atom. The molecular formula is C18H14BrF3N4S. The molecule has 0 spiro atoms. The third-order valence-corrected chi connectivity index (χ3v) is 4.23. The van der Waals surface area contributed by atoms with E-state index in [-0.39, 0.29) is 10.8 Å². The lowest BCUT2D eigenvalue weighted by Crippen LogP contribution is -2.21. The van der Waals surface area contributed by atoms with Gasteiger partial charge in [-0.1, -0.05) is 24.3 Å². The van der Waals surface area contributed by atoms with Crippen LogP contribution in [0.1, 0.15) is 11.1 Å². The Morgan fingerprint density at radius 3 is 2.59 bits per heavy atom. The molecule has 1 heterocycles. The van der Waals surface area contributed by atoms with Crippen LogP contribution in [0.15, 0.2) is 65.4 Å². The maximum absolute atomic E-state index is 13.1. The topological polar surface area (TPSA) is 41.9 Å². The summed E-state index contributed by atoms with van der Waals surface area (Å²) in [6.07, 6.45) is -0.920. The summed E-state index contributed by atoms with van der Waals surface area (Å²) in [6, 6.07) is 12.6. The molecule has 3 aromatic rings. The van der Waals surface area contributed by atoms with E-state index in [9.17, 15) is 13.2 Å². The van der Waals surface area contributed by atoms with Gasteiger partial charge < -0.3 is 10.6 Å². The molecule has 140 valence electrons. The summed E-state index contributed by atoms with van der Waals surface area (Å²) >= 11 is 8.51.